The number of aryl methyl sites for hydroxylation is 1. The minimum Gasteiger partial charge on any atom is -0.489 e. The van der Waals surface area contributed by atoms with Gasteiger partial charge in [0.15, 0.2) is 11.5 Å². The van der Waals surface area contributed by atoms with Crippen molar-refractivity contribution in [2.75, 3.05) is 30.2 Å². The molecule has 0 spiro atoms. The van der Waals surface area contributed by atoms with Crippen LogP contribution in [0.5, 0.6) is 17.2 Å². The topological polar surface area (TPSA) is 77.5 Å². The zero-order valence-corrected chi connectivity index (χ0v) is 14.9. The number of benzene rings is 1. The van der Waals surface area contributed by atoms with Gasteiger partial charge in [0, 0.05) is 42.5 Å². The van der Waals surface area contributed by atoms with Gasteiger partial charge in [-0.15, -0.1) is 20.4 Å². The summed E-state index contributed by atoms with van der Waals surface area (Å²) < 4.78 is 41.5. The van der Waals surface area contributed by atoms with E-state index in [1.54, 1.807) is 13.1 Å². The molecular weight excluding hydrogens is 370 g/mol. The molecule has 140 valence electrons. The number of halogens is 3. The fourth-order valence-electron chi connectivity index (χ4n) is 2.32. The molecular formula is C16H17ClF2N4O3. The first-order valence-corrected chi connectivity index (χ1v) is 8.37. The largest absolute Gasteiger partial charge is 0.586 e. The first kappa shape index (κ1) is 18.2. The Kier molecular flexibility index (Phi) is 5.17. The number of nitrogens with one attached hydrogen (secondary N) is 2. The van der Waals surface area contributed by atoms with Crippen molar-refractivity contribution >= 4 is 29.1 Å². The summed E-state index contributed by atoms with van der Waals surface area (Å²) >= 11 is 5.62. The van der Waals surface area contributed by atoms with Gasteiger partial charge >= 0.3 is 6.29 Å². The highest BCUT2D eigenvalue weighted by Crippen LogP contribution is 2.49. The summed E-state index contributed by atoms with van der Waals surface area (Å²) in [5, 5.41) is 5.88. The van der Waals surface area contributed by atoms with Crippen LogP contribution in [0.3, 0.4) is 0 Å². The molecule has 0 amide bonds. The monoisotopic (exact) mass is 386 g/mol. The Morgan fingerprint density at radius 1 is 1.23 bits per heavy atom. The maximum Gasteiger partial charge on any atom is 0.586 e. The Labute approximate surface area is 153 Å². The Bertz CT molecular complexity index is 807. The van der Waals surface area contributed by atoms with Gasteiger partial charge in [-0.3, -0.25) is 0 Å². The van der Waals surface area contributed by atoms with E-state index in [4.69, 9.17) is 16.3 Å². The number of fused-ring (bicyclic) bond motifs is 1. The van der Waals surface area contributed by atoms with Gasteiger partial charge in [-0.2, -0.15) is 4.98 Å². The molecule has 2 aromatic rings. The van der Waals surface area contributed by atoms with Gasteiger partial charge in [0.1, 0.15) is 5.82 Å². The first-order valence-electron chi connectivity index (χ1n) is 7.83. The molecule has 3 rings (SSSR count). The van der Waals surface area contributed by atoms with Crippen LogP contribution in [0.25, 0.3) is 0 Å². The van der Waals surface area contributed by atoms with Gasteiger partial charge in [-0.1, -0.05) is 0 Å². The van der Waals surface area contributed by atoms with E-state index in [-0.39, 0.29) is 23.9 Å². The zero-order chi connectivity index (χ0) is 18.7. The predicted molar refractivity (Wildman–Crippen MR) is 93.1 cm³/mol. The van der Waals surface area contributed by atoms with Crippen molar-refractivity contribution in [3.8, 4) is 17.2 Å². The van der Waals surface area contributed by atoms with Crippen molar-refractivity contribution < 1.29 is 23.0 Å². The van der Waals surface area contributed by atoms with Crippen molar-refractivity contribution in [1.82, 2.24) is 9.97 Å². The number of rotatable bonds is 7. The van der Waals surface area contributed by atoms with Crippen LogP contribution in [0.15, 0.2) is 18.2 Å². The lowest BCUT2D eigenvalue weighted by atomic mass is 10.2. The second-order valence-electron chi connectivity index (χ2n) is 5.45. The molecule has 10 heteroatoms. The van der Waals surface area contributed by atoms with Crippen molar-refractivity contribution in [3.63, 3.8) is 0 Å². The highest BCUT2D eigenvalue weighted by atomic mass is 35.5. The van der Waals surface area contributed by atoms with E-state index in [1.807, 2.05) is 6.92 Å². The van der Waals surface area contributed by atoms with Crippen LogP contribution in [0.4, 0.5) is 26.2 Å². The molecule has 26 heavy (non-hydrogen) atoms. The number of aromatic nitrogens is 2. The Morgan fingerprint density at radius 3 is 2.77 bits per heavy atom. The first-order chi connectivity index (χ1) is 12.4. The Hall–Kier alpha value is -2.55. The quantitative estimate of drug-likeness (QED) is 0.552. The van der Waals surface area contributed by atoms with E-state index in [0.717, 1.165) is 5.69 Å². The van der Waals surface area contributed by atoms with Crippen LogP contribution < -0.4 is 24.8 Å². The third kappa shape index (κ3) is 4.16. The number of alkyl halides is 3. The van der Waals surface area contributed by atoms with Crippen molar-refractivity contribution in [2.24, 2.45) is 0 Å². The van der Waals surface area contributed by atoms with E-state index in [0.29, 0.717) is 29.8 Å². The van der Waals surface area contributed by atoms with Gasteiger partial charge < -0.3 is 24.8 Å². The number of anilines is 3. The molecule has 7 nitrogen and oxygen atoms in total. The molecule has 0 atom stereocenters. The Morgan fingerprint density at radius 2 is 2.04 bits per heavy atom. The van der Waals surface area contributed by atoms with E-state index >= 15 is 0 Å². The van der Waals surface area contributed by atoms with Crippen molar-refractivity contribution in [1.29, 1.82) is 0 Å². The van der Waals surface area contributed by atoms with Crippen LogP contribution in [-0.4, -0.2) is 35.8 Å². The third-order valence-corrected chi connectivity index (χ3v) is 3.64. The summed E-state index contributed by atoms with van der Waals surface area (Å²) in [6, 6.07) is 4.66. The second-order valence-corrected chi connectivity index (χ2v) is 5.83. The summed E-state index contributed by atoms with van der Waals surface area (Å²) in [4.78, 5) is 8.53. The number of hydrogen-bond donors (Lipinski definition) is 2. The van der Waals surface area contributed by atoms with Gasteiger partial charge in [-0.25, -0.2) is 4.98 Å². The van der Waals surface area contributed by atoms with Gasteiger partial charge in [0.25, 0.3) is 0 Å². The number of nitrogens with zero attached hydrogens (tertiary/aromatic N) is 2. The van der Waals surface area contributed by atoms with E-state index in [1.165, 1.54) is 12.1 Å². The van der Waals surface area contributed by atoms with Gasteiger partial charge in [0.2, 0.25) is 11.7 Å². The van der Waals surface area contributed by atoms with Crippen LogP contribution in [-0.2, 0) is 0 Å². The highest BCUT2D eigenvalue weighted by Gasteiger charge is 2.45. The van der Waals surface area contributed by atoms with Gasteiger partial charge in [0.05, 0.1) is 6.61 Å². The average molecular weight is 387 g/mol. The lowest BCUT2D eigenvalue weighted by Crippen LogP contribution is -2.26. The van der Waals surface area contributed by atoms with Gasteiger partial charge in [-0.05, 0) is 13.3 Å². The van der Waals surface area contributed by atoms with E-state index in [9.17, 15) is 8.78 Å². The molecule has 0 saturated carbocycles. The maximum atomic E-state index is 13.4. The molecule has 2 N–H and O–H groups in total. The standard InChI is InChI=1S/C16H17ClF2N4O3/c1-9-6-13(20-2)23-15(21-9)22-10-7-11(24-5-3-4-17)14-12(8-10)25-16(18,19)26-14/h6-8H,3-5H2,1-2H3,(H2,20,21,22,23). The van der Waals surface area contributed by atoms with Crippen LogP contribution in [0.1, 0.15) is 12.1 Å². The molecule has 0 aliphatic carbocycles. The molecule has 1 aromatic carbocycles. The van der Waals surface area contributed by atoms with Crippen molar-refractivity contribution in [2.45, 2.75) is 19.6 Å². The fraction of sp³-hybridized carbons (Fsp3) is 0.375. The predicted octanol–water partition coefficient (Wildman–Crippen LogP) is 3.90. The smallest absolute Gasteiger partial charge is 0.489 e. The molecule has 1 aliphatic rings. The third-order valence-electron chi connectivity index (χ3n) is 3.37. The zero-order valence-electron chi connectivity index (χ0n) is 14.1. The lowest BCUT2D eigenvalue weighted by molar-refractivity contribution is -0.287. The number of hydrogen-bond acceptors (Lipinski definition) is 7. The Balaban J connectivity index is 1.90. The summed E-state index contributed by atoms with van der Waals surface area (Å²) in [6.07, 6.45) is -3.19. The SMILES string of the molecule is CNc1cc(C)nc(Nc2cc(OCCCCl)c3c(c2)OC(F)(F)O3)n1. The molecule has 0 saturated heterocycles. The molecule has 0 unspecified atom stereocenters. The van der Waals surface area contributed by atoms with E-state index in [2.05, 4.69) is 30.1 Å². The number of ether oxygens (including phenoxy) is 3. The minimum absolute atomic E-state index is 0.119. The van der Waals surface area contributed by atoms with Crippen LogP contribution >= 0.6 is 11.6 Å². The molecule has 1 aromatic heterocycles. The summed E-state index contributed by atoms with van der Waals surface area (Å²) in [7, 11) is 1.73. The lowest BCUT2D eigenvalue weighted by Gasteiger charge is -2.12. The maximum absolute atomic E-state index is 13.4. The summed E-state index contributed by atoms with van der Waals surface area (Å²) in [6.45, 7) is 2.06. The minimum atomic E-state index is -3.75. The average Bonchev–Trinajstić information content (AvgIpc) is 2.88. The second kappa shape index (κ2) is 7.36. The van der Waals surface area contributed by atoms with Crippen molar-refractivity contribution in [3.05, 3.63) is 23.9 Å². The summed E-state index contributed by atoms with van der Waals surface area (Å²) in [5.41, 5.74) is 1.15. The fourth-order valence-corrected chi connectivity index (χ4v) is 2.43. The highest BCUT2D eigenvalue weighted by molar-refractivity contribution is 6.17. The molecule has 1 aliphatic heterocycles. The normalized spacial score (nSPS) is 14.2. The van der Waals surface area contributed by atoms with Crippen LogP contribution in [0.2, 0.25) is 0 Å². The van der Waals surface area contributed by atoms with E-state index < -0.39 is 6.29 Å². The van der Waals surface area contributed by atoms with Crippen LogP contribution in [0, 0.1) is 6.92 Å². The molecule has 0 fully saturated rings. The molecule has 0 bridgehead atoms. The summed E-state index contributed by atoms with van der Waals surface area (Å²) in [5.74, 6) is 1.13. The molecule has 0 radical (unpaired) electrons. The molecule has 2 heterocycles.